The average molecular weight is 165 g/mol. The molecule has 0 radical (unpaired) electrons. The number of amides is 1. The first-order valence-corrected chi connectivity index (χ1v) is 4.27. The lowest BCUT2D eigenvalue weighted by molar-refractivity contribution is -0.121. The SMILES string of the molecule is C=C(C)CC(=O)NC1CC=CC1. The number of hydrogen-bond donors (Lipinski definition) is 1. The second-order valence-corrected chi connectivity index (χ2v) is 3.34. The van der Waals surface area contributed by atoms with Crippen LogP contribution in [0.5, 0.6) is 0 Å². The maximum atomic E-state index is 11.2. The Bertz CT molecular complexity index is 210. The molecule has 1 aliphatic carbocycles. The highest BCUT2D eigenvalue weighted by Crippen LogP contribution is 2.09. The molecule has 1 amide bonds. The zero-order valence-corrected chi connectivity index (χ0v) is 7.47. The van der Waals surface area contributed by atoms with Crippen molar-refractivity contribution in [2.45, 2.75) is 32.2 Å². The molecule has 12 heavy (non-hydrogen) atoms. The fourth-order valence-corrected chi connectivity index (χ4v) is 1.29. The Kier molecular flexibility index (Phi) is 3.09. The lowest BCUT2D eigenvalue weighted by Gasteiger charge is -2.11. The van der Waals surface area contributed by atoms with Crippen LogP contribution in [0.2, 0.25) is 0 Å². The van der Waals surface area contributed by atoms with Crippen LogP contribution in [0, 0.1) is 0 Å². The molecule has 1 rings (SSSR count). The van der Waals surface area contributed by atoms with Crippen LogP contribution in [-0.2, 0) is 4.79 Å². The van der Waals surface area contributed by atoms with E-state index in [-0.39, 0.29) is 5.91 Å². The third kappa shape index (κ3) is 2.91. The highest BCUT2D eigenvalue weighted by molar-refractivity contribution is 5.78. The Balaban J connectivity index is 2.22. The Hall–Kier alpha value is -1.05. The van der Waals surface area contributed by atoms with Crippen molar-refractivity contribution in [3.05, 3.63) is 24.3 Å². The van der Waals surface area contributed by atoms with E-state index in [9.17, 15) is 4.79 Å². The van der Waals surface area contributed by atoms with Crippen molar-refractivity contribution >= 4 is 5.91 Å². The van der Waals surface area contributed by atoms with Gasteiger partial charge in [-0.05, 0) is 19.8 Å². The molecule has 1 N–H and O–H groups in total. The van der Waals surface area contributed by atoms with E-state index in [1.807, 2.05) is 6.92 Å². The average Bonchev–Trinajstić information content (AvgIpc) is 2.37. The molecule has 0 saturated carbocycles. The number of nitrogens with one attached hydrogen (secondary N) is 1. The van der Waals surface area contributed by atoms with Gasteiger partial charge in [0.1, 0.15) is 0 Å². The first-order valence-electron chi connectivity index (χ1n) is 4.27. The van der Waals surface area contributed by atoms with E-state index < -0.39 is 0 Å². The Morgan fingerprint density at radius 2 is 2.17 bits per heavy atom. The number of carbonyl (C=O) groups excluding carboxylic acids is 1. The molecule has 0 atom stereocenters. The molecule has 2 nitrogen and oxygen atoms in total. The summed E-state index contributed by atoms with van der Waals surface area (Å²) >= 11 is 0. The summed E-state index contributed by atoms with van der Waals surface area (Å²) in [6, 6.07) is 0.330. The number of rotatable bonds is 3. The van der Waals surface area contributed by atoms with E-state index in [1.54, 1.807) is 0 Å². The van der Waals surface area contributed by atoms with Crippen LogP contribution in [0.4, 0.5) is 0 Å². The fourth-order valence-electron chi connectivity index (χ4n) is 1.29. The molecule has 0 aromatic carbocycles. The molecule has 0 heterocycles. The van der Waals surface area contributed by atoms with Gasteiger partial charge in [0, 0.05) is 12.5 Å². The minimum absolute atomic E-state index is 0.0937. The smallest absolute Gasteiger partial charge is 0.224 e. The van der Waals surface area contributed by atoms with Crippen LogP contribution < -0.4 is 5.32 Å². The summed E-state index contributed by atoms with van der Waals surface area (Å²) in [5, 5.41) is 2.95. The van der Waals surface area contributed by atoms with Crippen molar-refractivity contribution in [1.82, 2.24) is 5.32 Å². The van der Waals surface area contributed by atoms with Crippen LogP contribution in [-0.4, -0.2) is 11.9 Å². The molecule has 0 bridgehead atoms. The number of carbonyl (C=O) groups is 1. The van der Waals surface area contributed by atoms with Crippen molar-refractivity contribution in [2.24, 2.45) is 0 Å². The van der Waals surface area contributed by atoms with E-state index >= 15 is 0 Å². The van der Waals surface area contributed by atoms with Gasteiger partial charge in [-0.2, -0.15) is 0 Å². The van der Waals surface area contributed by atoms with Crippen LogP contribution in [0.15, 0.2) is 24.3 Å². The van der Waals surface area contributed by atoms with Gasteiger partial charge in [0.15, 0.2) is 0 Å². The van der Waals surface area contributed by atoms with E-state index in [0.717, 1.165) is 18.4 Å². The van der Waals surface area contributed by atoms with E-state index in [1.165, 1.54) is 0 Å². The van der Waals surface area contributed by atoms with Crippen LogP contribution >= 0.6 is 0 Å². The highest BCUT2D eigenvalue weighted by Gasteiger charge is 2.12. The first-order chi connectivity index (χ1) is 5.68. The minimum atomic E-state index is 0.0937. The zero-order chi connectivity index (χ0) is 8.97. The summed E-state index contributed by atoms with van der Waals surface area (Å²) in [7, 11) is 0. The van der Waals surface area contributed by atoms with Gasteiger partial charge in [-0.1, -0.05) is 24.3 Å². The van der Waals surface area contributed by atoms with Gasteiger partial charge < -0.3 is 5.32 Å². The Morgan fingerprint density at radius 3 is 2.67 bits per heavy atom. The summed E-state index contributed by atoms with van der Waals surface area (Å²) < 4.78 is 0. The van der Waals surface area contributed by atoms with Gasteiger partial charge in [0.05, 0.1) is 0 Å². The molecule has 0 aromatic rings. The third-order valence-corrected chi connectivity index (χ3v) is 1.84. The molecule has 66 valence electrons. The maximum absolute atomic E-state index is 11.2. The molecule has 0 saturated heterocycles. The first kappa shape index (κ1) is 9.04. The summed E-state index contributed by atoms with van der Waals surface area (Å²) in [6.45, 7) is 5.56. The predicted molar refractivity (Wildman–Crippen MR) is 49.7 cm³/mol. The topological polar surface area (TPSA) is 29.1 Å². The van der Waals surface area contributed by atoms with Crippen molar-refractivity contribution in [2.75, 3.05) is 0 Å². The van der Waals surface area contributed by atoms with Crippen molar-refractivity contribution in [3.8, 4) is 0 Å². The standard InChI is InChI=1S/C10H15NO/c1-8(2)7-10(12)11-9-5-3-4-6-9/h3-4,9H,1,5-7H2,2H3,(H,11,12). The quantitative estimate of drug-likeness (QED) is 0.635. The Labute approximate surface area is 73.4 Å². The molecule has 0 fully saturated rings. The monoisotopic (exact) mass is 165 g/mol. The van der Waals surface area contributed by atoms with E-state index in [4.69, 9.17) is 0 Å². The summed E-state index contributed by atoms with van der Waals surface area (Å²) in [5.74, 6) is 0.0937. The molecular formula is C10H15NO. The number of hydrogen-bond acceptors (Lipinski definition) is 1. The van der Waals surface area contributed by atoms with Crippen molar-refractivity contribution < 1.29 is 4.79 Å². The molecule has 0 unspecified atom stereocenters. The second-order valence-electron chi connectivity index (χ2n) is 3.34. The van der Waals surface area contributed by atoms with Gasteiger partial charge in [-0.15, -0.1) is 0 Å². The third-order valence-electron chi connectivity index (χ3n) is 1.84. The lowest BCUT2D eigenvalue weighted by atomic mass is 10.2. The Morgan fingerprint density at radius 1 is 1.58 bits per heavy atom. The minimum Gasteiger partial charge on any atom is -0.352 e. The molecule has 0 aliphatic heterocycles. The van der Waals surface area contributed by atoms with E-state index in [2.05, 4.69) is 24.0 Å². The van der Waals surface area contributed by atoms with E-state index in [0.29, 0.717) is 12.5 Å². The van der Waals surface area contributed by atoms with Gasteiger partial charge in [0.2, 0.25) is 5.91 Å². The predicted octanol–water partition coefficient (Wildman–Crippen LogP) is 1.79. The fraction of sp³-hybridized carbons (Fsp3) is 0.500. The van der Waals surface area contributed by atoms with Crippen LogP contribution in [0.1, 0.15) is 26.2 Å². The normalized spacial score (nSPS) is 16.4. The molecule has 0 aromatic heterocycles. The summed E-state index contributed by atoms with van der Waals surface area (Å²) in [5.41, 5.74) is 0.915. The molecule has 2 heteroatoms. The summed E-state index contributed by atoms with van der Waals surface area (Å²) in [6.07, 6.45) is 6.61. The van der Waals surface area contributed by atoms with Gasteiger partial charge in [-0.3, -0.25) is 4.79 Å². The van der Waals surface area contributed by atoms with Gasteiger partial charge in [0.25, 0.3) is 0 Å². The lowest BCUT2D eigenvalue weighted by Crippen LogP contribution is -2.32. The van der Waals surface area contributed by atoms with Gasteiger partial charge in [-0.25, -0.2) is 0 Å². The highest BCUT2D eigenvalue weighted by atomic mass is 16.1. The zero-order valence-electron chi connectivity index (χ0n) is 7.47. The van der Waals surface area contributed by atoms with Gasteiger partial charge >= 0.3 is 0 Å². The van der Waals surface area contributed by atoms with Crippen molar-refractivity contribution in [3.63, 3.8) is 0 Å². The van der Waals surface area contributed by atoms with Crippen LogP contribution in [0.3, 0.4) is 0 Å². The van der Waals surface area contributed by atoms with Crippen LogP contribution in [0.25, 0.3) is 0 Å². The van der Waals surface area contributed by atoms with Crippen molar-refractivity contribution in [1.29, 1.82) is 0 Å². The summed E-state index contributed by atoms with van der Waals surface area (Å²) in [4.78, 5) is 11.2. The largest absolute Gasteiger partial charge is 0.352 e. The molecular weight excluding hydrogens is 150 g/mol. The molecule has 1 aliphatic rings. The maximum Gasteiger partial charge on any atom is 0.224 e. The molecule has 0 spiro atoms. The second kappa shape index (κ2) is 4.10.